The van der Waals surface area contributed by atoms with Crippen molar-refractivity contribution in [2.75, 3.05) is 26.6 Å². The summed E-state index contributed by atoms with van der Waals surface area (Å²) in [5, 5.41) is 8.36. The molecule has 9 nitrogen and oxygen atoms in total. The number of allylic oxidation sites excluding steroid dienone is 1. The summed E-state index contributed by atoms with van der Waals surface area (Å²) in [6, 6.07) is 9.94. The molecule has 166 valence electrons. The van der Waals surface area contributed by atoms with E-state index in [9.17, 15) is 4.79 Å². The lowest BCUT2D eigenvalue weighted by atomic mass is 9.94. The standard InChI is InChI=1S/C22H22ClN5O4/c1-11-18(20(24)29)19(14-9-16(31-3)17(32-4)10-15(14)30-2)28-22(25-11)26-21(27-28)12-6-5-7-13(23)8-12/h5-10,19H,1-4H3,(H2,24,29)(H,25,26,27). The topological polar surface area (TPSA) is 114 Å². The van der Waals surface area contributed by atoms with Gasteiger partial charge in [-0.25, -0.2) is 4.68 Å². The van der Waals surface area contributed by atoms with E-state index < -0.39 is 11.9 Å². The third-order valence-corrected chi connectivity index (χ3v) is 5.47. The van der Waals surface area contributed by atoms with Gasteiger partial charge in [-0.3, -0.25) is 4.79 Å². The van der Waals surface area contributed by atoms with Crippen LogP contribution in [0.4, 0.5) is 5.95 Å². The fraction of sp³-hybridized carbons (Fsp3) is 0.227. The van der Waals surface area contributed by atoms with Gasteiger partial charge in [0.15, 0.2) is 17.3 Å². The normalized spacial score (nSPS) is 15.1. The summed E-state index contributed by atoms with van der Waals surface area (Å²) in [5.74, 6) is 1.73. The van der Waals surface area contributed by atoms with Gasteiger partial charge >= 0.3 is 0 Å². The number of aromatic nitrogens is 3. The van der Waals surface area contributed by atoms with Crippen molar-refractivity contribution in [3.63, 3.8) is 0 Å². The van der Waals surface area contributed by atoms with Crippen LogP contribution in [0.1, 0.15) is 18.5 Å². The predicted octanol–water partition coefficient (Wildman–Crippen LogP) is 3.40. The van der Waals surface area contributed by atoms with Gasteiger partial charge < -0.3 is 25.3 Å². The number of nitrogens with zero attached hydrogens (tertiary/aromatic N) is 3. The third kappa shape index (κ3) is 3.60. The Bertz CT molecular complexity index is 1240. The molecule has 1 amide bonds. The molecule has 0 aliphatic carbocycles. The van der Waals surface area contributed by atoms with Crippen molar-refractivity contribution in [3.05, 3.63) is 58.3 Å². The van der Waals surface area contributed by atoms with E-state index >= 15 is 0 Å². The summed E-state index contributed by atoms with van der Waals surface area (Å²) in [7, 11) is 4.60. The largest absolute Gasteiger partial charge is 0.496 e. The Labute approximate surface area is 189 Å². The van der Waals surface area contributed by atoms with Gasteiger partial charge in [0.1, 0.15) is 11.8 Å². The summed E-state index contributed by atoms with van der Waals surface area (Å²) >= 11 is 6.15. The molecule has 2 heterocycles. The molecule has 4 rings (SSSR count). The summed E-state index contributed by atoms with van der Waals surface area (Å²) in [6.07, 6.45) is 0. The van der Waals surface area contributed by atoms with Gasteiger partial charge in [0.2, 0.25) is 11.9 Å². The van der Waals surface area contributed by atoms with Crippen LogP contribution in [0.25, 0.3) is 11.4 Å². The number of anilines is 1. The van der Waals surface area contributed by atoms with Crippen LogP contribution in [-0.4, -0.2) is 42.0 Å². The van der Waals surface area contributed by atoms with Gasteiger partial charge in [-0.05, 0) is 25.1 Å². The predicted molar refractivity (Wildman–Crippen MR) is 120 cm³/mol. The Morgan fingerprint density at radius 1 is 1.09 bits per heavy atom. The number of ether oxygens (including phenoxy) is 3. The molecule has 2 aromatic carbocycles. The molecule has 0 spiro atoms. The average Bonchev–Trinajstić information content (AvgIpc) is 3.20. The molecule has 0 fully saturated rings. The monoisotopic (exact) mass is 455 g/mol. The van der Waals surface area contributed by atoms with Gasteiger partial charge in [0.25, 0.3) is 0 Å². The lowest BCUT2D eigenvalue weighted by Crippen LogP contribution is -2.32. The molecule has 1 aliphatic heterocycles. The van der Waals surface area contributed by atoms with Crippen molar-refractivity contribution in [3.8, 4) is 28.6 Å². The number of fused-ring (bicyclic) bond motifs is 1. The van der Waals surface area contributed by atoms with Gasteiger partial charge in [-0.1, -0.05) is 23.7 Å². The van der Waals surface area contributed by atoms with E-state index in [1.807, 2.05) is 12.1 Å². The van der Waals surface area contributed by atoms with Crippen LogP contribution in [-0.2, 0) is 4.79 Å². The van der Waals surface area contributed by atoms with Crippen LogP contribution in [0, 0.1) is 0 Å². The van der Waals surface area contributed by atoms with E-state index in [1.165, 1.54) is 21.3 Å². The number of primary amides is 1. The van der Waals surface area contributed by atoms with Crippen molar-refractivity contribution in [1.82, 2.24) is 14.8 Å². The second-order valence-corrected chi connectivity index (χ2v) is 7.53. The van der Waals surface area contributed by atoms with Crippen LogP contribution in [0.5, 0.6) is 17.2 Å². The fourth-order valence-electron chi connectivity index (χ4n) is 3.77. The number of nitrogens with two attached hydrogens (primary N) is 1. The van der Waals surface area contributed by atoms with Crippen molar-refractivity contribution in [2.24, 2.45) is 5.73 Å². The molecular weight excluding hydrogens is 434 g/mol. The third-order valence-electron chi connectivity index (χ3n) is 5.23. The first-order valence-corrected chi connectivity index (χ1v) is 10.1. The molecule has 0 saturated heterocycles. The van der Waals surface area contributed by atoms with Gasteiger partial charge in [0, 0.05) is 27.9 Å². The van der Waals surface area contributed by atoms with Crippen LogP contribution in [0.3, 0.4) is 0 Å². The Hall–Kier alpha value is -3.72. The van der Waals surface area contributed by atoms with Gasteiger partial charge in [-0.15, -0.1) is 5.10 Å². The second-order valence-electron chi connectivity index (χ2n) is 7.09. The summed E-state index contributed by atoms with van der Waals surface area (Å²) < 4.78 is 18.1. The minimum atomic E-state index is -0.709. The van der Waals surface area contributed by atoms with Crippen molar-refractivity contribution >= 4 is 23.5 Å². The highest BCUT2D eigenvalue weighted by Crippen LogP contribution is 2.44. The van der Waals surface area contributed by atoms with E-state index in [1.54, 1.807) is 35.9 Å². The maximum absolute atomic E-state index is 12.5. The number of methoxy groups -OCH3 is 3. The highest BCUT2D eigenvalue weighted by molar-refractivity contribution is 6.30. The first kappa shape index (κ1) is 21.5. The molecule has 1 aromatic heterocycles. The molecule has 3 aromatic rings. The molecule has 3 N–H and O–H groups in total. The van der Waals surface area contributed by atoms with Crippen molar-refractivity contribution < 1.29 is 19.0 Å². The Kier molecular flexibility index (Phi) is 5.67. The van der Waals surface area contributed by atoms with E-state index in [0.717, 1.165) is 5.56 Å². The minimum absolute atomic E-state index is 0.325. The Morgan fingerprint density at radius 3 is 2.41 bits per heavy atom. The first-order chi connectivity index (χ1) is 15.4. The Morgan fingerprint density at radius 2 is 1.78 bits per heavy atom. The second kappa shape index (κ2) is 8.43. The highest BCUT2D eigenvalue weighted by Gasteiger charge is 2.36. The molecule has 32 heavy (non-hydrogen) atoms. The van der Waals surface area contributed by atoms with Crippen LogP contribution >= 0.6 is 11.6 Å². The number of rotatable bonds is 6. The average molecular weight is 456 g/mol. The fourth-order valence-corrected chi connectivity index (χ4v) is 3.96. The lowest BCUT2D eigenvalue weighted by Gasteiger charge is -2.29. The molecule has 0 saturated carbocycles. The number of carbonyl (C=O) groups is 1. The van der Waals surface area contributed by atoms with E-state index in [-0.39, 0.29) is 0 Å². The van der Waals surface area contributed by atoms with Crippen LogP contribution in [0.2, 0.25) is 5.02 Å². The smallest absolute Gasteiger partial charge is 0.248 e. The number of halogens is 1. The molecule has 1 unspecified atom stereocenters. The van der Waals surface area contributed by atoms with E-state index in [2.05, 4.69) is 15.4 Å². The van der Waals surface area contributed by atoms with Crippen LogP contribution in [0.15, 0.2) is 47.7 Å². The summed E-state index contributed by atoms with van der Waals surface area (Å²) in [4.78, 5) is 17.1. The highest BCUT2D eigenvalue weighted by atomic mass is 35.5. The van der Waals surface area contributed by atoms with E-state index in [0.29, 0.717) is 50.9 Å². The molecule has 1 aliphatic rings. The number of hydrogen-bond acceptors (Lipinski definition) is 7. The summed E-state index contributed by atoms with van der Waals surface area (Å²) in [6.45, 7) is 1.76. The van der Waals surface area contributed by atoms with Gasteiger partial charge in [-0.2, -0.15) is 4.98 Å². The quantitative estimate of drug-likeness (QED) is 0.585. The molecule has 0 radical (unpaired) electrons. The lowest BCUT2D eigenvalue weighted by molar-refractivity contribution is -0.115. The van der Waals surface area contributed by atoms with Crippen molar-refractivity contribution in [2.45, 2.75) is 13.0 Å². The van der Waals surface area contributed by atoms with Crippen LogP contribution < -0.4 is 25.3 Å². The molecular formula is C22H22ClN5O4. The number of benzene rings is 2. The zero-order valence-corrected chi connectivity index (χ0v) is 18.7. The Balaban J connectivity index is 1.96. The minimum Gasteiger partial charge on any atom is -0.496 e. The zero-order valence-electron chi connectivity index (χ0n) is 18.0. The maximum atomic E-state index is 12.5. The number of hydrogen-bond donors (Lipinski definition) is 2. The van der Waals surface area contributed by atoms with E-state index in [4.69, 9.17) is 31.5 Å². The number of nitrogens with one attached hydrogen (secondary N) is 1. The molecule has 0 bridgehead atoms. The van der Waals surface area contributed by atoms with Gasteiger partial charge in [0.05, 0.1) is 26.9 Å². The molecule has 10 heteroatoms. The summed E-state index contributed by atoms with van der Waals surface area (Å²) in [5.41, 5.74) is 8.03. The number of carbonyl (C=O) groups excluding carboxylic acids is 1. The zero-order chi connectivity index (χ0) is 23.0. The first-order valence-electron chi connectivity index (χ1n) is 9.67. The number of amides is 1. The SMILES string of the molecule is COc1cc(OC)c(C2C(C(N)=O)=C(C)Nc3nc(-c4cccc(Cl)c4)nn32)cc1OC. The maximum Gasteiger partial charge on any atom is 0.248 e. The van der Waals surface area contributed by atoms with Crippen molar-refractivity contribution in [1.29, 1.82) is 0 Å². The molecule has 1 atom stereocenters.